The van der Waals surface area contributed by atoms with Gasteiger partial charge in [-0.05, 0) is 24.3 Å². The van der Waals surface area contributed by atoms with E-state index in [2.05, 4.69) is 31.6 Å². The summed E-state index contributed by atoms with van der Waals surface area (Å²) in [6.45, 7) is 0.694. The van der Waals surface area contributed by atoms with Crippen LogP contribution >= 0.6 is 0 Å². The van der Waals surface area contributed by atoms with Crippen molar-refractivity contribution in [2.24, 2.45) is 4.99 Å². The minimum atomic E-state index is 0.694. The molecule has 1 aliphatic heterocycles. The van der Waals surface area contributed by atoms with Crippen LogP contribution in [0.1, 0.15) is 11.3 Å². The van der Waals surface area contributed by atoms with Gasteiger partial charge in [-0.25, -0.2) is 0 Å². The second kappa shape index (κ2) is 3.91. The Bertz CT molecular complexity index is 787. The Labute approximate surface area is 109 Å². The van der Waals surface area contributed by atoms with E-state index in [1.165, 1.54) is 0 Å². The van der Waals surface area contributed by atoms with E-state index in [1.54, 1.807) is 6.20 Å². The number of hydrogen-bond acceptors (Lipinski definition) is 4. The first-order valence-corrected chi connectivity index (χ1v) is 6.09. The quantitative estimate of drug-likeness (QED) is 0.695. The lowest BCUT2D eigenvalue weighted by atomic mass is 10.2. The first-order valence-electron chi connectivity index (χ1n) is 6.09. The lowest BCUT2D eigenvalue weighted by molar-refractivity contribution is 1.09. The Morgan fingerprint density at radius 1 is 1.21 bits per heavy atom. The molecule has 1 aromatic carbocycles. The fourth-order valence-corrected chi connectivity index (χ4v) is 2.27. The van der Waals surface area contributed by atoms with E-state index in [0.29, 0.717) is 6.54 Å². The van der Waals surface area contributed by atoms with Crippen molar-refractivity contribution in [1.29, 1.82) is 0 Å². The Kier molecular flexibility index (Phi) is 2.11. The van der Waals surface area contributed by atoms with E-state index in [1.807, 2.05) is 30.5 Å². The number of hydrogen-bond donors (Lipinski definition) is 2. The molecular formula is C14H11N5. The molecule has 5 heteroatoms. The number of amidine groups is 1. The fraction of sp³-hybridized carbons (Fsp3) is 0.0714. The van der Waals surface area contributed by atoms with Gasteiger partial charge in [0, 0.05) is 22.8 Å². The summed E-state index contributed by atoms with van der Waals surface area (Å²) in [6, 6.07) is 10.0. The predicted molar refractivity (Wildman–Crippen MR) is 74.2 cm³/mol. The summed E-state index contributed by atoms with van der Waals surface area (Å²) in [4.78, 5) is 8.86. The van der Waals surface area contributed by atoms with Crippen molar-refractivity contribution < 1.29 is 0 Å². The number of fused-ring (bicyclic) bond motifs is 2. The van der Waals surface area contributed by atoms with Crippen LogP contribution < -0.4 is 5.32 Å². The van der Waals surface area contributed by atoms with Crippen LogP contribution in [0.5, 0.6) is 0 Å². The molecule has 0 radical (unpaired) electrons. The number of aromatic amines is 1. The summed E-state index contributed by atoms with van der Waals surface area (Å²) in [5, 5.41) is 11.3. The molecule has 0 aliphatic carbocycles. The standard InChI is InChI=1S/C14H11N5/c1-2-9-7-16-14(13(9)15-5-1)18-11-3-4-12-10(6-11)8-17-19-12/h1-6,8H,7H2,(H,16,18)(H,17,19). The molecule has 5 nitrogen and oxygen atoms in total. The monoisotopic (exact) mass is 249 g/mol. The molecule has 0 bridgehead atoms. The van der Waals surface area contributed by atoms with E-state index in [4.69, 9.17) is 0 Å². The van der Waals surface area contributed by atoms with Gasteiger partial charge in [0.2, 0.25) is 0 Å². The van der Waals surface area contributed by atoms with E-state index in [9.17, 15) is 0 Å². The van der Waals surface area contributed by atoms with E-state index >= 15 is 0 Å². The molecule has 0 fully saturated rings. The van der Waals surface area contributed by atoms with Gasteiger partial charge in [-0.2, -0.15) is 5.10 Å². The van der Waals surface area contributed by atoms with Crippen molar-refractivity contribution in [2.45, 2.75) is 6.54 Å². The average molecular weight is 249 g/mol. The highest BCUT2D eigenvalue weighted by atomic mass is 15.1. The van der Waals surface area contributed by atoms with Crippen molar-refractivity contribution in [3.8, 4) is 0 Å². The third-order valence-corrected chi connectivity index (χ3v) is 3.23. The molecule has 3 aromatic rings. The van der Waals surface area contributed by atoms with Gasteiger partial charge in [0.1, 0.15) is 5.69 Å². The van der Waals surface area contributed by atoms with E-state index in [-0.39, 0.29) is 0 Å². The lowest BCUT2D eigenvalue weighted by Gasteiger charge is -2.06. The fourth-order valence-electron chi connectivity index (χ4n) is 2.27. The van der Waals surface area contributed by atoms with Crippen molar-refractivity contribution >= 4 is 22.4 Å². The van der Waals surface area contributed by atoms with Gasteiger partial charge in [0.05, 0.1) is 18.3 Å². The number of aromatic nitrogens is 3. The molecule has 0 amide bonds. The first-order chi connectivity index (χ1) is 9.40. The number of aliphatic imine (C=N–C) groups is 1. The molecule has 4 rings (SSSR count). The second-order valence-electron chi connectivity index (χ2n) is 4.47. The van der Waals surface area contributed by atoms with Gasteiger partial charge < -0.3 is 5.32 Å². The summed E-state index contributed by atoms with van der Waals surface area (Å²) in [6.07, 6.45) is 3.60. The molecular weight excluding hydrogens is 238 g/mol. The maximum Gasteiger partial charge on any atom is 0.152 e. The molecule has 3 heterocycles. The highest BCUT2D eigenvalue weighted by Gasteiger charge is 2.16. The molecule has 0 saturated heterocycles. The van der Waals surface area contributed by atoms with Crippen LogP contribution in [0.3, 0.4) is 0 Å². The minimum absolute atomic E-state index is 0.694. The maximum atomic E-state index is 4.49. The number of nitrogens with one attached hydrogen (secondary N) is 2. The zero-order chi connectivity index (χ0) is 12.7. The van der Waals surface area contributed by atoms with Gasteiger partial charge in [-0.1, -0.05) is 6.07 Å². The molecule has 92 valence electrons. The predicted octanol–water partition coefficient (Wildman–Crippen LogP) is 2.33. The molecule has 0 unspecified atom stereocenters. The van der Waals surface area contributed by atoms with Gasteiger partial charge in [0.15, 0.2) is 5.84 Å². The first kappa shape index (κ1) is 10.3. The van der Waals surface area contributed by atoms with Gasteiger partial charge in [-0.15, -0.1) is 0 Å². The van der Waals surface area contributed by atoms with Crippen LogP contribution in [0.2, 0.25) is 0 Å². The molecule has 19 heavy (non-hydrogen) atoms. The second-order valence-corrected chi connectivity index (χ2v) is 4.47. The zero-order valence-corrected chi connectivity index (χ0v) is 10.1. The number of benzene rings is 1. The van der Waals surface area contributed by atoms with Crippen LogP contribution in [-0.4, -0.2) is 21.0 Å². The third-order valence-electron chi connectivity index (χ3n) is 3.23. The number of pyridine rings is 1. The number of anilines is 1. The summed E-state index contributed by atoms with van der Waals surface area (Å²) >= 11 is 0. The minimum Gasteiger partial charge on any atom is -0.339 e. The number of rotatable bonds is 1. The van der Waals surface area contributed by atoms with Gasteiger partial charge in [-0.3, -0.25) is 15.1 Å². The zero-order valence-electron chi connectivity index (χ0n) is 10.1. The summed E-state index contributed by atoms with van der Waals surface area (Å²) in [7, 11) is 0. The smallest absolute Gasteiger partial charge is 0.152 e. The number of nitrogens with zero attached hydrogens (tertiary/aromatic N) is 3. The maximum absolute atomic E-state index is 4.49. The van der Waals surface area contributed by atoms with Gasteiger partial charge in [0.25, 0.3) is 0 Å². The Morgan fingerprint density at radius 2 is 2.21 bits per heavy atom. The Balaban J connectivity index is 1.69. The average Bonchev–Trinajstić information content (AvgIpc) is 3.06. The number of H-pyrrole nitrogens is 1. The van der Waals surface area contributed by atoms with Gasteiger partial charge >= 0.3 is 0 Å². The van der Waals surface area contributed by atoms with Crippen molar-refractivity contribution in [2.75, 3.05) is 5.32 Å². The van der Waals surface area contributed by atoms with Crippen LogP contribution in [0.25, 0.3) is 10.9 Å². The largest absolute Gasteiger partial charge is 0.339 e. The van der Waals surface area contributed by atoms with Crippen LogP contribution in [0.15, 0.2) is 47.7 Å². The highest BCUT2D eigenvalue weighted by Crippen LogP contribution is 2.20. The molecule has 0 spiro atoms. The molecule has 2 aromatic heterocycles. The summed E-state index contributed by atoms with van der Waals surface area (Å²) in [5.74, 6) is 0.832. The topological polar surface area (TPSA) is 66.0 Å². The Hall–Kier alpha value is -2.69. The van der Waals surface area contributed by atoms with E-state index in [0.717, 1.165) is 33.7 Å². The molecule has 0 atom stereocenters. The van der Waals surface area contributed by atoms with Crippen LogP contribution in [0, 0.1) is 0 Å². The van der Waals surface area contributed by atoms with Crippen molar-refractivity contribution in [3.05, 3.63) is 54.0 Å². The highest BCUT2D eigenvalue weighted by molar-refractivity contribution is 6.09. The van der Waals surface area contributed by atoms with Crippen molar-refractivity contribution in [3.63, 3.8) is 0 Å². The lowest BCUT2D eigenvalue weighted by Crippen LogP contribution is -2.12. The summed E-state index contributed by atoms with van der Waals surface area (Å²) < 4.78 is 0. The molecule has 1 aliphatic rings. The summed E-state index contributed by atoms with van der Waals surface area (Å²) in [5.41, 5.74) is 4.12. The van der Waals surface area contributed by atoms with E-state index < -0.39 is 0 Å². The normalized spacial score (nSPS) is 13.4. The van der Waals surface area contributed by atoms with Crippen molar-refractivity contribution in [1.82, 2.24) is 15.2 Å². The van der Waals surface area contributed by atoms with Crippen LogP contribution in [0.4, 0.5) is 5.69 Å². The third kappa shape index (κ3) is 1.67. The molecule has 2 N–H and O–H groups in total. The molecule has 0 saturated carbocycles. The SMILES string of the molecule is c1cnc2c(c1)CN=C2Nc1ccc2[nH]ncc2c1. The van der Waals surface area contributed by atoms with Crippen LogP contribution in [-0.2, 0) is 6.54 Å². The Morgan fingerprint density at radius 3 is 3.21 bits per heavy atom.